The molecule has 0 spiro atoms. The number of halogens is 4. The number of carbonyl (C=O) groups is 1. The van der Waals surface area contributed by atoms with Crippen LogP contribution in [0.4, 0.5) is 23.5 Å². The van der Waals surface area contributed by atoms with Crippen molar-refractivity contribution in [2.75, 3.05) is 5.32 Å². The number of anilines is 1. The van der Waals surface area contributed by atoms with Crippen LogP contribution in [0.1, 0.15) is 0 Å². The van der Waals surface area contributed by atoms with Crippen LogP contribution in [-0.2, 0) is 4.79 Å². The normalized spacial score (nSPS) is 11.8. The van der Waals surface area contributed by atoms with Crippen LogP contribution in [0.25, 0.3) is 16.2 Å². The van der Waals surface area contributed by atoms with E-state index >= 15 is 0 Å². The molecule has 0 bridgehead atoms. The van der Waals surface area contributed by atoms with Gasteiger partial charge in [0.05, 0.1) is 5.69 Å². The summed E-state index contributed by atoms with van der Waals surface area (Å²) in [5, 5.41) is 7.08. The number of nitrogens with one attached hydrogen (secondary N) is 1. The third-order valence-corrected chi connectivity index (χ3v) is 3.52. The van der Waals surface area contributed by atoms with Crippen LogP contribution >= 0.6 is 11.3 Å². The zero-order valence-electron chi connectivity index (χ0n) is 10.6. The molecule has 0 unspecified atom stereocenters. The lowest BCUT2D eigenvalue weighted by atomic mass is 10.2. The minimum absolute atomic E-state index is 0.303. The van der Waals surface area contributed by atoms with Gasteiger partial charge in [-0.15, -0.1) is 16.4 Å². The van der Waals surface area contributed by atoms with Crippen molar-refractivity contribution in [1.82, 2.24) is 14.6 Å². The van der Waals surface area contributed by atoms with Gasteiger partial charge in [0, 0.05) is 10.9 Å². The molecule has 2 heterocycles. The highest BCUT2D eigenvalue weighted by molar-refractivity contribution is 7.15. The van der Waals surface area contributed by atoms with Crippen molar-refractivity contribution in [2.45, 2.75) is 6.18 Å². The number of alkyl halides is 3. The molecule has 22 heavy (non-hydrogen) atoms. The molecule has 10 heteroatoms. The number of hydrogen-bond donors (Lipinski definition) is 1. The van der Waals surface area contributed by atoms with Gasteiger partial charge in [-0.25, -0.2) is 8.91 Å². The van der Waals surface area contributed by atoms with Crippen molar-refractivity contribution in [3.63, 3.8) is 0 Å². The SMILES string of the molecule is O=C(Nc1nc2scc(-c3ccc(F)cc3)n2n1)C(F)(F)F. The molecule has 1 aromatic carbocycles. The van der Waals surface area contributed by atoms with E-state index in [0.29, 0.717) is 16.2 Å². The summed E-state index contributed by atoms with van der Waals surface area (Å²) in [6.07, 6.45) is -5.02. The van der Waals surface area contributed by atoms with E-state index in [2.05, 4.69) is 10.1 Å². The molecule has 2 aromatic heterocycles. The largest absolute Gasteiger partial charge is 0.471 e. The van der Waals surface area contributed by atoms with Crippen LogP contribution < -0.4 is 5.32 Å². The fourth-order valence-electron chi connectivity index (χ4n) is 1.73. The van der Waals surface area contributed by atoms with Crippen LogP contribution in [0.3, 0.4) is 0 Å². The van der Waals surface area contributed by atoms with Crippen molar-refractivity contribution in [3.8, 4) is 11.3 Å². The van der Waals surface area contributed by atoms with Crippen molar-refractivity contribution < 1.29 is 22.4 Å². The Hall–Kier alpha value is -2.49. The molecule has 114 valence electrons. The summed E-state index contributed by atoms with van der Waals surface area (Å²) >= 11 is 1.13. The standard InChI is InChI=1S/C12H6F4N4OS/c13-7-3-1-6(2-4-7)8-5-22-11-18-10(19-20(8)11)17-9(21)12(14,15)16/h1-5H,(H,17,19,21). The fraction of sp³-hybridized carbons (Fsp3) is 0.0833. The van der Waals surface area contributed by atoms with Gasteiger partial charge in [0.25, 0.3) is 5.95 Å². The van der Waals surface area contributed by atoms with Gasteiger partial charge >= 0.3 is 12.1 Å². The van der Waals surface area contributed by atoms with Gasteiger partial charge in [-0.05, 0) is 24.3 Å². The molecule has 0 aliphatic heterocycles. The number of nitrogens with zero attached hydrogens (tertiary/aromatic N) is 3. The summed E-state index contributed by atoms with van der Waals surface area (Å²) in [7, 11) is 0. The molecular formula is C12H6F4N4OS. The minimum Gasteiger partial charge on any atom is -0.285 e. The Balaban J connectivity index is 1.95. The lowest BCUT2D eigenvalue weighted by Gasteiger charge is -2.03. The molecule has 3 aromatic rings. The van der Waals surface area contributed by atoms with Crippen molar-refractivity contribution in [2.24, 2.45) is 0 Å². The van der Waals surface area contributed by atoms with E-state index < -0.39 is 23.8 Å². The predicted octanol–water partition coefficient (Wildman–Crippen LogP) is 3.10. The maximum Gasteiger partial charge on any atom is 0.471 e. The fourth-order valence-corrected chi connectivity index (χ4v) is 2.56. The Morgan fingerprint density at radius 3 is 2.55 bits per heavy atom. The molecule has 0 radical (unpaired) electrons. The summed E-state index contributed by atoms with van der Waals surface area (Å²) in [5.74, 6) is -3.00. The molecule has 1 amide bonds. The second-order valence-corrected chi connectivity index (χ2v) is 5.05. The van der Waals surface area contributed by atoms with Crippen LogP contribution in [-0.4, -0.2) is 26.7 Å². The number of amides is 1. The van der Waals surface area contributed by atoms with Crippen LogP contribution in [0, 0.1) is 5.82 Å². The highest BCUT2D eigenvalue weighted by Gasteiger charge is 2.39. The van der Waals surface area contributed by atoms with Crippen molar-refractivity contribution >= 4 is 28.2 Å². The lowest BCUT2D eigenvalue weighted by molar-refractivity contribution is -0.167. The van der Waals surface area contributed by atoms with Gasteiger partial charge in [0.15, 0.2) is 0 Å². The Kier molecular flexibility index (Phi) is 3.32. The second kappa shape index (κ2) is 5.05. The first-order valence-electron chi connectivity index (χ1n) is 5.83. The Labute approximate surface area is 124 Å². The van der Waals surface area contributed by atoms with E-state index in [9.17, 15) is 22.4 Å². The molecular weight excluding hydrogens is 324 g/mol. The molecule has 0 atom stereocenters. The molecule has 0 aliphatic rings. The van der Waals surface area contributed by atoms with Gasteiger partial charge < -0.3 is 0 Å². The highest BCUT2D eigenvalue weighted by Crippen LogP contribution is 2.26. The zero-order chi connectivity index (χ0) is 15.9. The van der Waals surface area contributed by atoms with E-state index in [4.69, 9.17) is 0 Å². The Morgan fingerprint density at radius 1 is 1.23 bits per heavy atom. The molecule has 0 aliphatic carbocycles. The Bertz CT molecular complexity index is 837. The molecule has 3 rings (SSSR count). The summed E-state index contributed by atoms with van der Waals surface area (Å²) < 4.78 is 50.8. The first-order valence-corrected chi connectivity index (χ1v) is 6.71. The van der Waals surface area contributed by atoms with Crippen molar-refractivity contribution in [1.29, 1.82) is 0 Å². The Morgan fingerprint density at radius 2 is 1.91 bits per heavy atom. The third kappa shape index (κ3) is 2.64. The van der Waals surface area contributed by atoms with E-state index in [0.717, 1.165) is 11.3 Å². The second-order valence-electron chi connectivity index (χ2n) is 4.21. The molecule has 0 fully saturated rings. The maximum atomic E-state index is 12.9. The number of fused-ring (bicyclic) bond motifs is 1. The van der Waals surface area contributed by atoms with E-state index in [-0.39, 0.29) is 0 Å². The number of benzene rings is 1. The topological polar surface area (TPSA) is 59.3 Å². The molecule has 0 saturated carbocycles. The van der Waals surface area contributed by atoms with E-state index in [1.807, 2.05) is 0 Å². The first kappa shape index (κ1) is 14.4. The van der Waals surface area contributed by atoms with Gasteiger partial charge in [-0.2, -0.15) is 18.2 Å². The summed E-state index contributed by atoms with van der Waals surface area (Å²) in [5.41, 5.74) is 1.14. The van der Waals surface area contributed by atoms with E-state index in [1.54, 1.807) is 10.7 Å². The van der Waals surface area contributed by atoms with Gasteiger partial charge in [-0.3, -0.25) is 10.1 Å². The van der Waals surface area contributed by atoms with Crippen LogP contribution in [0.15, 0.2) is 29.6 Å². The quantitative estimate of drug-likeness (QED) is 0.735. The molecule has 1 N–H and O–H groups in total. The van der Waals surface area contributed by atoms with Gasteiger partial charge in [0.2, 0.25) is 4.96 Å². The average molecular weight is 330 g/mol. The number of aromatic nitrogens is 3. The maximum absolute atomic E-state index is 12.9. The van der Waals surface area contributed by atoms with Gasteiger partial charge in [-0.1, -0.05) is 0 Å². The highest BCUT2D eigenvalue weighted by atomic mass is 32.1. The number of rotatable bonds is 2. The lowest BCUT2D eigenvalue weighted by Crippen LogP contribution is -2.30. The monoisotopic (exact) mass is 330 g/mol. The number of carbonyl (C=O) groups excluding carboxylic acids is 1. The summed E-state index contributed by atoms with van der Waals surface area (Å²) in [6, 6.07) is 5.52. The van der Waals surface area contributed by atoms with Crippen LogP contribution in [0.5, 0.6) is 0 Å². The zero-order valence-corrected chi connectivity index (χ0v) is 11.4. The minimum atomic E-state index is -5.02. The summed E-state index contributed by atoms with van der Waals surface area (Å²) in [6.45, 7) is 0. The number of thiazole rings is 1. The predicted molar refractivity (Wildman–Crippen MR) is 70.9 cm³/mol. The first-order chi connectivity index (χ1) is 10.3. The van der Waals surface area contributed by atoms with Crippen LogP contribution in [0.2, 0.25) is 0 Å². The average Bonchev–Trinajstić information content (AvgIpc) is 2.98. The number of hydrogen-bond acceptors (Lipinski definition) is 4. The summed E-state index contributed by atoms with van der Waals surface area (Å²) in [4.78, 5) is 15.0. The van der Waals surface area contributed by atoms with E-state index in [1.165, 1.54) is 28.8 Å². The molecule has 0 saturated heterocycles. The molecule has 5 nitrogen and oxygen atoms in total. The van der Waals surface area contributed by atoms with Gasteiger partial charge in [0.1, 0.15) is 5.82 Å². The smallest absolute Gasteiger partial charge is 0.285 e. The third-order valence-electron chi connectivity index (χ3n) is 2.70. The van der Waals surface area contributed by atoms with Crippen molar-refractivity contribution in [3.05, 3.63) is 35.5 Å².